The summed E-state index contributed by atoms with van der Waals surface area (Å²) in [6.07, 6.45) is 3.20. The Morgan fingerprint density at radius 1 is 1.13 bits per heavy atom. The van der Waals surface area contributed by atoms with E-state index in [-0.39, 0.29) is 6.17 Å². The van der Waals surface area contributed by atoms with Crippen LogP contribution in [0.25, 0.3) is 10.9 Å². The van der Waals surface area contributed by atoms with E-state index in [1.807, 2.05) is 12.3 Å². The Labute approximate surface area is 178 Å². The number of aliphatic imine (C=N–C) groups is 1. The number of nitrogens with one attached hydrogen (secondary N) is 2. The van der Waals surface area contributed by atoms with Crippen molar-refractivity contribution < 1.29 is 9.47 Å². The molecule has 0 saturated carbocycles. The first-order chi connectivity index (χ1) is 14.7. The number of H-pyrrole nitrogens is 1. The van der Waals surface area contributed by atoms with Gasteiger partial charge in [0.25, 0.3) is 0 Å². The lowest BCUT2D eigenvalue weighted by molar-refractivity contribution is 0.143. The first-order valence-electron chi connectivity index (χ1n) is 10.9. The van der Waals surface area contributed by atoms with Crippen LogP contribution in [0, 0.1) is 0 Å². The highest BCUT2D eigenvalue weighted by Crippen LogP contribution is 2.23. The number of hydrogen-bond acceptors (Lipinski definition) is 6. The SMILES string of the molecule is CCC1=C(N2CCN(Cc3cc4ccc(OCCOC)cc4[nH]3)CC2)NC(C)N=C1. The molecule has 2 aliphatic heterocycles. The fourth-order valence-corrected chi connectivity index (χ4v) is 4.10. The minimum atomic E-state index is 0.156. The Hall–Kier alpha value is -2.51. The van der Waals surface area contributed by atoms with Gasteiger partial charge in [0.1, 0.15) is 24.3 Å². The zero-order valence-corrected chi connectivity index (χ0v) is 18.3. The maximum atomic E-state index is 5.73. The predicted molar refractivity (Wildman–Crippen MR) is 121 cm³/mol. The third-order valence-corrected chi connectivity index (χ3v) is 5.77. The number of rotatable bonds is 8. The molecule has 1 fully saturated rings. The molecule has 30 heavy (non-hydrogen) atoms. The van der Waals surface area contributed by atoms with Crippen LogP contribution in [0.15, 0.2) is 40.7 Å². The lowest BCUT2D eigenvalue weighted by atomic mass is 10.1. The molecule has 7 heteroatoms. The second-order valence-electron chi connectivity index (χ2n) is 7.97. The monoisotopic (exact) mass is 411 g/mol. The molecule has 2 N–H and O–H groups in total. The zero-order chi connectivity index (χ0) is 20.9. The van der Waals surface area contributed by atoms with Gasteiger partial charge in [0.15, 0.2) is 0 Å². The molecule has 0 aliphatic carbocycles. The van der Waals surface area contributed by atoms with Gasteiger partial charge in [-0.05, 0) is 36.9 Å². The van der Waals surface area contributed by atoms with Crippen molar-refractivity contribution >= 4 is 17.1 Å². The third-order valence-electron chi connectivity index (χ3n) is 5.77. The number of aromatic amines is 1. The van der Waals surface area contributed by atoms with E-state index in [2.05, 4.69) is 57.1 Å². The molecular formula is C23H33N5O2. The molecule has 0 bridgehead atoms. The third kappa shape index (κ3) is 4.79. The summed E-state index contributed by atoms with van der Waals surface area (Å²) in [6, 6.07) is 8.46. The van der Waals surface area contributed by atoms with Gasteiger partial charge in [-0.25, -0.2) is 0 Å². The first kappa shape index (κ1) is 20.8. The number of fused-ring (bicyclic) bond motifs is 1. The minimum Gasteiger partial charge on any atom is -0.491 e. The van der Waals surface area contributed by atoms with Crippen LogP contribution in [0.1, 0.15) is 26.0 Å². The summed E-state index contributed by atoms with van der Waals surface area (Å²) in [6.45, 7) is 10.6. The Kier molecular flexibility index (Phi) is 6.59. The molecule has 1 aromatic carbocycles. The highest BCUT2D eigenvalue weighted by Gasteiger charge is 2.23. The molecule has 1 aromatic heterocycles. The largest absolute Gasteiger partial charge is 0.491 e. The van der Waals surface area contributed by atoms with Crippen molar-refractivity contribution in [2.75, 3.05) is 46.5 Å². The number of ether oxygens (including phenoxy) is 2. The van der Waals surface area contributed by atoms with Crippen LogP contribution in [-0.2, 0) is 11.3 Å². The molecule has 2 aliphatic rings. The number of piperazine rings is 1. The smallest absolute Gasteiger partial charge is 0.121 e. The molecular weight excluding hydrogens is 378 g/mol. The van der Waals surface area contributed by atoms with E-state index < -0.39 is 0 Å². The maximum Gasteiger partial charge on any atom is 0.121 e. The van der Waals surface area contributed by atoms with E-state index in [9.17, 15) is 0 Å². The second kappa shape index (κ2) is 9.53. The van der Waals surface area contributed by atoms with Crippen LogP contribution in [0.2, 0.25) is 0 Å². The average Bonchev–Trinajstić information content (AvgIpc) is 3.16. The van der Waals surface area contributed by atoms with E-state index in [1.165, 1.54) is 22.5 Å². The van der Waals surface area contributed by atoms with E-state index in [0.717, 1.165) is 50.4 Å². The van der Waals surface area contributed by atoms with E-state index >= 15 is 0 Å². The molecule has 2 aromatic rings. The molecule has 3 heterocycles. The van der Waals surface area contributed by atoms with Gasteiger partial charge in [-0.1, -0.05) is 6.92 Å². The second-order valence-corrected chi connectivity index (χ2v) is 7.97. The van der Waals surface area contributed by atoms with Gasteiger partial charge < -0.3 is 24.7 Å². The molecule has 1 unspecified atom stereocenters. The molecule has 7 nitrogen and oxygen atoms in total. The van der Waals surface area contributed by atoms with E-state index in [1.54, 1.807) is 7.11 Å². The maximum absolute atomic E-state index is 5.73. The minimum absolute atomic E-state index is 0.156. The van der Waals surface area contributed by atoms with E-state index in [0.29, 0.717) is 13.2 Å². The Balaban J connectivity index is 1.35. The molecule has 4 rings (SSSR count). The van der Waals surface area contributed by atoms with Crippen LogP contribution in [0.5, 0.6) is 5.75 Å². The summed E-state index contributed by atoms with van der Waals surface area (Å²) >= 11 is 0. The lowest BCUT2D eigenvalue weighted by Gasteiger charge is -2.39. The number of allylic oxidation sites excluding steroid dienone is 1. The van der Waals surface area contributed by atoms with Crippen molar-refractivity contribution in [1.82, 2.24) is 20.1 Å². The van der Waals surface area contributed by atoms with E-state index in [4.69, 9.17) is 9.47 Å². The quantitative estimate of drug-likeness (QED) is 0.654. The summed E-state index contributed by atoms with van der Waals surface area (Å²) in [5, 5.41) is 4.78. The molecule has 0 radical (unpaired) electrons. The molecule has 1 atom stereocenters. The molecule has 162 valence electrons. The Morgan fingerprint density at radius 3 is 2.73 bits per heavy atom. The first-order valence-corrected chi connectivity index (χ1v) is 10.9. The van der Waals surface area contributed by atoms with Crippen LogP contribution in [-0.4, -0.2) is 73.7 Å². The summed E-state index contributed by atoms with van der Waals surface area (Å²) in [5.41, 5.74) is 3.68. The predicted octanol–water partition coefficient (Wildman–Crippen LogP) is 2.95. The van der Waals surface area contributed by atoms with Gasteiger partial charge in [-0.3, -0.25) is 9.89 Å². The molecule has 0 amide bonds. The highest BCUT2D eigenvalue weighted by molar-refractivity contribution is 5.82. The zero-order valence-electron chi connectivity index (χ0n) is 18.3. The van der Waals surface area contributed by atoms with Gasteiger partial charge in [0, 0.05) is 68.9 Å². The summed E-state index contributed by atoms with van der Waals surface area (Å²) in [5.74, 6) is 2.14. The molecule has 1 saturated heterocycles. The normalized spacial score (nSPS) is 20.1. The van der Waals surface area contributed by atoms with Crippen molar-refractivity contribution in [1.29, 1.82) is 0 Å². The summed E-state index contributed by atoms with van der Waals surface area (Å²) < 4.78 is 10.8. The number of aromatic nitrogens is 1. The van der Waals surface area contributed by atoms with Crippen molar-refractivity contribution in [2.24, 2.45) is 4.99 Å². The number of hydrogen-bond donors (Lipinski definition) is 2. The van der Waals surface area contributed by atoms with Crippen LogP contribution in [0.3, 0.4) is 0 Å². The van der Waals surface area contributed by atoms with Gasteiger partial charge in [0.05, 0.1) is 6.61 Å². The van der Waals surface area contributed by atoms with Crippen molar-refractivity contribution in [3.05, 3.63) is 41.4 Å². The van der Waals surface area contributed by atoms with Gasteiger partial charge in [-0.15, -0.1) is 0 Å². The fraction of sp³-hybridized carbons (Fsp3) is 0.522. The summed E-state index contributed by atoms with van der Waals surface area (Å²) in [7, 11) is 1.68. The van der Waals surface area contributed by atoms with Crippen molar-refractivity contribution in [3.8, 4) is 5.75 Å². The summed E-state index contributed by atoms with van der Waals surface area (Å²) in [4.78, 5) is 13.1. The Morgan fingerprint density at radius 2 is 1.97 bits per heavy atom. The molecule has 0 spiro atoms. The van der Waals surface area contributed by atoms with Crippen LogP contribution in [0.4, 0.5) is 0 Å². The standard InChI is InChI=1S/C23H33N5O2/c1-4-18-15-24-17(2)25-23(18)28-9-7-27(8-10-28)16-20-13-19-5-6-21(14-22(19)26-20)30-12-11-29-3/h5-6,13-15,17,25-26H,4,7-12,16H2,1-3H3. The lowest BCUT2D eigenvalue weighted by Crippen LogP contribution is -2.49. The van der Waals surface area contributed by atoms with Crippen LogP contribution < -0.4 is 10.1 Å². The van der Waals surface area contributed by atoms with Crippen molar-refractivity contribution in [3.63, 3.8) is 0 Å². The van der Waals surface area contributed by atoms with Crippen molar-refractivity contribution in [2.45, 2.75) is 33.0 Å². The number of benzene rings is 1. The van der Waals surface area contributed by atoms with Gasteiger partial charge in [0.2, 0.25) is 0 Å². The number of nitrogens with zero attached hydrogens (tertiary/aromatic N) is 3. The highest BCUT2D eigenvalue weighted by atomic mass is 16.5. The fourth-order valence-electron chi connectivity index (χ4n) is 4.10. The average molecular weight is 412 g/mol. The van der Waals surface area contributed by atoms with Gasteiger partial charge >= 0.3 is 0 Å². The topological polar surface area (TPSA) is 65.1 Å². The Bertz CT molecular complexity index is 911. The number of methoxy groups -OCH3 is 1. The van der Waals surface area contributed by atoms with Crippen LogP contribution >= 0.6 is 0 Å². The van der Waals surface area contributed by atoms with Gasteiger partial charge in [-0.2, -0.15) is 0 Å².